The van der Waals surface area contributed by atoms with Crippen LogP contribution in [0.1, 0.15) is 58.8 Å². The molecule has 0 aliphatic rings. The van der Waals surface area contributed by atoms with Gasteiger partial charge >= 0.3 is 47.8 Å². The van der Waals surface area contributed by atoms with Gasteiger partial charge in [-0.2, -0.15) is 74.6 Å². The average molecular weight is 576 g/mol. The van der Waals surface area contributed by atoms with Crippen molar-refractivity contribution >= 4 is 0 Å². The molecule has 0 aromatic heterocycles. The first-order chi connectivity index (χ1) is 15.7. The average Bonchev–Trinajstić information content (AvgIpc) is 2.70. The highest BCUT2D eigenvalue weighted by Crippen LogP contribution is 2.64. The van der Waals surface area contributed by atoms with Crippen LogP contribution in [0, 0.1) is 0 Å². The maximum atomic E-state index is 13.9. The van der Waals surface area contributed by atoms with Crippen LogP contribution in [0.3, 0.4) is 0 Å². The maximum Gasteiger partial charge on any atom is 0.460 e. The highest BCUT2D eigenvalue weighted by atomic mass is 19.4. The van der Waals surface area contributed by atoms with Crippen molar-refractivity contribution in [3.63, 3.8) is 0 Å². The van der Waals surface area contributed by atoms with Crippen molar-refractivity contribution in [3.05, 3.63) is 0 Å². The molecular formula is C18H21F17O. The summed E-state index contributed by atoms with van der Waals surface area (Å²) in [5.41, 5.74) is 0. The molecule has 1 nitrogen and oxygen atoms in total. The molecule has 0 saturated carbocycles. The van der Waals surface area contributed by atoms with Crippen molar-refractivity contribution in [2.45, 2.75) is 113 Å². The van der Waals surface area contributed by atoms with Crippen LogP contribution in [-0.4, -0.2) is 53.9 Å². The van der Waals surface area contributed by atoms with Gasteiger partial charge in [-0.25, -0.2) is 0 Å². The van der Waals surface area contributed by atoms with Crippen LogP contribution in [0.15, 0.2) is 0 Å². The second-order valence-corrected chi connectivity index (χ2v) is 7.81. The zero-order valence-corrected chi connectivity index (χ0v) is 18.4. The Balaban J connectivity index is 6.23. The summed E-state index contributed by atoms with van der Waals surface area (Å²) in [6, 6.07) is 0. The summed E-state index contributed by atoms with van der Waals surface area (Å²) in [6.45, 7) is 2.76. The first-order valence-corrected chi connectivity index (χ1v) is 10.1. The van der Waals surface area contributed by atoms with Gasteiger partial charge in [-0.15, -0.1) is 0 Å². The van der Waals surface area contributed by atoms with E-state index in [9.17, 15) is 74.6 Å². The topological polar surface area (TPSA) is 9.23 Å². The molecule has 1 atom stereocenters. The predicted octanol–water partition coefficient (Wildman–Crippen LogP) is 9.11. The van der Waals surface area contributed by atoms with Gasteiger partial charge in [-0.05, 0) is 12.8 Å². The molecule has 0 heterocycles. The van der Waals surface area contributed by atoms with Crippen LogP contribution >= 0.6 is 0 Å². The molecular weight excluding hydrogens is 555 g/mol. The van der Waals surface area contributed by atoms with E-state index in [1.807, 2.05) is 0 Å². The van der Waals surface area contributed by atoms with Gasteiger partial charge in [-0.3, -0.25) is 0 Å². The number of hydrogen-bond donors (Lipinski definition) is 0. The zero-order chi connectivity index (χ0) is 29.2. The number of halogens is 17. The Morgan fingerprint density at radius 2 is 0.833 bits per heavy atom. The Hall–Kier alpha value is -1.23. The molecule has 0 aliphatic carbocycles. The van der Waals surface area contributed by atoms with E-state index >= 15 is 0 Å². The Bertz CT molecular complexity index is 698. The summed E-state index contributed by atoms with van der Waals surface area (Å²) < 4.78 is 228. The molecule has 218 valence electrons. The molecule has 0 aliphatic heterocycles. The van der Waals surface area contributed by atoms with Crippen LogP contribution in [-0.2, 0) is 4.74 Å². The second kappa shape index (κ2) is 10.9. The van der Waals surface area contributed by atoms with Crippen LogP contribution in [0.5, 0.6) is 0 Å². The monoisotopic (exact) mass is 576 g/mol. The first kappa shape index (κ1) is 34.8. The van der Waals surface area contributed by atoms with E-state index in [1.54, 1.807) is 6.92 Å². The zero-order valence-electron chi connectivity index (χ0n) is 18.4. The van der Waals surface area contributed by atoms with Crippen molar-refractivity contribution in [1.82, 2.24) is 0 Å². The minimum absolute atomic E-state index is 0.0382. The van der Waals surface area contributed by atoms with Crippen LogP contribution in [0.4, 0.5) is 74.6 Å². The lowest BCUT2D eigenvalue weighted by atomic mass is 9.90. The molecule has 0 spiro atoms. The molecule has 0 bridgehead atoms. The maximum absolute atomic E-state index is 13.9. The molecule has 0 amide bonds. The van der Waals surface area contributed by atoms with Crippen molar-refractivity contribution in [2.24, 2.45) is 0 Å². The van der Waals surface area contributed by atoms with Crippen LogP contribution in [0.25, 0.3) is 0 Å². The fourth-order valence-corrected chi connectivity index (χ4v) is 2.75. The summed E-state index contributed by atoms with van der Waals surface area (Å²) in [5, 5.41) is 0. The lowest BCUT2D eigenvalue weighted by Crippen LogP contribution is -2.74. The molecule has 0 N–H and O–H groups in total. The molecule has 0 rings (SSSR count). The summed E-state index contributed by atoms with van der Waals surface area (Å²) in [7, 11) is 0. The van der Waals surface area contributed by atoms with E-state index in [2.05, 4.69) is 4.74 Å². The Kier molecular flexibility index (Phi) is 10.5. The summed E-state index contributed by atoms with van der Waals surface area (Å²) in [4.78, 5) is 0. The lowest BCUT2D eigenvalue weighted by Gasteiger charge is -2.42. The molecule has 0 fully saturated rings. The molecule has 36 heavy (non-hydrogen) atoms. The third kappa shape index (κ3) is 5.76. The molecule has 1 unspecified atom stereocenters. The number of alkyl halides is 17. The summed E-state index contributed by atoms with van der Waals surface area (Å²) in [6.07, 6.45) is -15.7. The van der Waals surface area contributed by atoms with Gasteiger partial charge in [0, 0.05) is 0 Å². The van der Waals surface area contributed by atoms with E-state index in [4.69, 9.17) is 0 Å². The van der Waals surface area contributed by atoms with Gasteiger partial charge < -0.3 is 4.74 Å². The SMILES string of the molecule is CCCCCCCC(CC)OC(F)(F)C(F)(F)C(F)(F)C(F)(F)C(F)(F)C(F)(F)C(F)(F)C(F)(F)F. The van der Waals surface area contributed by atoms with Gasteiger partial charge in [-0.1, -0.05) is 46.0 Å². The third-order valence-electron chi connectivity index (χ3n) is 5.09. The van der Waals surface area contributed by atoms with E-state index in [0.29, 0.717) is 25.7 Å². The van der Waals surface area contributed by atoms with Crippen LogP contribution < -0.4 is 0 Å². The van der Waals surface area contributed by atoms with Gasteiger partial charge in [0.25, 0.3) is 0 Å². The quantitative estimate of drug-likeness (QED) is 0.140. The largest absolute Gasteiger partial charge is 0.460 e. The normalized spacial score (nSPS) is 16.4. The molecule has 0 radical (unpaired) electrons. The molecule has 0 aromatic rings. The fourth-order valence-electron chi connectivity index (χ4n) is 2.75. The Morgan fingerprint density at radius 3 is 1.19 bits per heavy atom. The fraction of sp³-hybridized carbons (Fsp3) is 1.00. The first-order valence-electron chi connectivity index (χ1n) is 10.1. The van der Waals surface area contributed by atoms with Crippen molar-refractivity contribution in [3.8, 4) is 0 Å². The number of rotatable bonds is 15. The lowest BCUT2D eigenvalue weighted by molar-refractivity contribution is -0.480. The predicted molar refractivity (Wildman–Crippen MR) is 89.2 cm³/mol. The van der Waals surface area contributed by atoms with E-state index in [0.717, 1.165) is 6.92 Å². The molecule has 0 saturated heterocycles. The summed E-state index contributed by atoms with van der Waals surface area (Å²) >= 11 is 0. The molecule has 18 heteroatoms. The highest BCUT2D eigenvalue weighted by Gasteiger charge is 2.95. The number of hydrogen-bond acceptors (Lipinski definition) is 1. The van der Waals surface area contributed by atoms with Gasteiger partial charge in [0.05, 0.1) is 6.10 Å². The van der Waals surface area contributed by atoms with Gasteiger partial charge in [0.1, 0.15) is 0 Å². The minimum Gasteiger partial charge on any atom is -0.312 e. The third-order valence-corrected chi connectivity index (χ3v) is 5.09. The van der Waals surface area contributed by atoms with Gasteiger partial charge in [0.2, 0.25) is 0 Å². The second-order valence-electron chi connectivity index (χ2n) is 7.81. The van der Waals surface area contributed by atoms with Crippen molar-refractivity contribution in [2.75, 3.05) is 0 Å². The Morgan fingerprint density at radius 1 is 0.472 bits per heavy atom. The van der Waals surface area contributed by atoms with E-state index in [1.165, 1.54) is 0 Å². The minimum atomic E-state index is -8.63. The number of unbranched alkanes of at least 4 members (excludes halogenated alkanes) is 4. The van der Waals surface area contributed by atoms with Crippen molar-refractivity contribution in [1.29, 1.82) is 0 Å². The van der Waals surface area contributed by atoms with Crippen LogP contribution in [0.2, 0.25) is 0 Å². The molecule has 0 aromatic carbocycles. The standard InChI is InChI=1S/C18H21F17O/c1-3-5-6-7-8-9-10(4-2)36-18(34,35)16(29,30)14(25,26)12(21,22)11(19,20)13(23,24)15(27,28)17(31,32)33/h10H,3-9H2,1-2H3. The van der Waals surface area contributed by atoms with E-state index < -0.39 is 66.8 Å². The summed E-state index contributed by atoms with van der Waals surface area (Å²) in [5.74, 6) is -50.0. The van der Waals surface area contributed by atoms with Gasteiger partial charge in [0.15, 0.2) is 0 Å². The van der Waals surface area contributed by atoms with E-state index in [-0.39, 0.29) is 6.42 Å². The smallest absolute Gasteiger partial charge is 0.312 e. The Labute approximate surface area is 193 Å². The van der Waals surface area contributed by atoms with Crippen molar-refractivity contribution < 1.29 is 79.4 Å². The number of ether oxygens (including phenoxy) is 1. The highest BCUT2D eigenvalue weighted by molar-refractivity contribution is 5.14.